The molecule has 28 heavy (non-hydrogen) atoms. The standard InChI is InChI=1S/C19H15F4N3O2/c20-13-5-11(10-24)6-14(7-13)25-18(27)26-15-8-17(9-15)28-16-3-1-12(2-4-16)19(21,22)23/h1-7,15,17H,8-9H2,(H2,25,26,27). The molecular formula is C19H15F4N3O2. The van der Waals surface area contributed by atoms with Crippen molar-refractivity contribution in [1.82, 2.24) is 5.32 Å². The Morgan fingerprint density at radius 3 is 2.43 bits per heavy atom. The van der Waals surface area contributed by atoms with Gasteiger partial charge in [-0.1, -0.05) is 0 Å². The van der Waals surface area contributed by atoms with Crippen LogP contribution in [-0.2, 0) is 6.18 Å². The zero-order valence-electron chi connectivity index (χ0n) is 14.4. The van der Waals surface area contributed by atoms with Crippen molar-refractivity contribution in [3.05, 3.63) is 59.4 Å². The number of ether oxygens (including phenoxy) is 1. The number of benzene rings is 2. The van der Waals surface area contributed by atoms with Gasteiger partial charge in [0, 0.05) is 24.6 Å². The van der Waals surface area contributed by atoms with Gasteiger partial charge < -0.3 is 15.4 Å². The van der Waals surface area contributed by atoms with Gasteiger partial charge in [-0.15, -0.1) is 0 Å². The fourth-order valence-electron chi connectivity index (χ4n) is 2.77. The number of rotatable bonds is 4. The van der Waals surface area contributed by atoms with Gasteiger partial charge in [-0.3, -0.25) is 0 Å². The number of alkyl halides is 3. The summed E-state index contributed by atoms with van der Waals surface area (Å²) in [5, 5.41) is 13.9. The minimum absolute atomic E-state index is 0.0870. The monoisotopic (exact) mass is 393 g/mol. The van der Waals surface area contributed by atoms with E-state index < -0.39 is 23.6 Å². The van der Waals surface area contributed by atoms with E-state index in [1.165, 1.54) is 18.2 Å². The number of anilines is 1. The molecule has 0 heterocycles. The van der Waals surface area contributed by atoms with E-state index in [1.807, 2.05) is 0 Å². The van der Waals surface area contributed by atoms with E-state index >= 15 is 0 Å². The van der Waals surface area contributed by atoms with E-state index in [0.29, 0.717) is 18.6 Å². The lowest BCUT2D eigenvalue weighted by atomic mass is 9.89. The van der Waals surface area contributed by atoms with Crippen LogP contribution < -0.4 is 15.4 Å². The molecule has 0 unspecified atom stereocenters. The van der Waals surface area contributed by atoms with Crippen molar-refractivity contribution < 1.29 is 27.1 Å². The Morgan fingerprint density at radius 2 is 1.82 bits per heavy atom. The molecule has 1 aliphatic rings. The van der Waals surface area contributed by atoms with Crippen LogP contribution >= 0.6 is 0 Å². The van der Waals surface area contributed by atoms with Crippen LogP contribution in [0.4, 0.5) is 28.0 Å². The summed E-state index contributed by atoms with van der Waals surface area (Å²) in [6, 6.07) is 8.98. The van der Waals surface area contributed by atoms with E-state index in [0.717, 1.165) is 24.3 Å². The lowest BCUT2D eigenvalue weighted by molar-refractivity contribution is -0.137. The summed E-state index contributed by atoms with van der Waals surface area (Å²) >= 11 is 0. The van der Waals surface area contributed by atoms with Gasteiger partial charge in [-0.05, 0) is 42.5 Å². The van der Waals surface area contributed by atoms with E-state index in [2.05, 4.69) is 10.6 Å². The molecule has 0 bridgehead atoms. The lowest BCUT2D eigenvalue weighted by Crippen LogP contribution is -2.50. The van der Waals surface area contributed by atoms with Gasteiger partial charge in [0.25, 0.3) is 0 Å². The number of nitriles is 1. The Kier molecular flexibility index (Phi) is 5.40. The maximum absolute atomic E-state index is 13.4. The number of nitrogens with zero attached hydrogens (tertiary/aromatic N) is 1. The summed E-state index contributed by atoms with van der Waals surface area (Å²) in [4.78, 5) is 11.9. The summed E-state index contributed by atoms with van der Waals surface area (Å²) in [5.74, 6) is -0.312. The average Bonchev–Trinajstić information content (AvgIpc) is 2.59. The summed E-state index contributed by atoms with van der Waals surface area (Å²) in [5.41, 5.74) is -0.503. The van der Waals surface area contributed by atoms with E-state index in [4.69, 9.17) is 10.00 Å². The van der Waals surface area contributed by atoms with Crippen LogP contribution in [0.5, 0.6) is 5.75 Å². The summed E-state index contributed by atoms with van der Waals surface area (Å²) in [6.45, 7) is 0. The molecule has 0 saturated heterocycles. The molecule has 0 spiro atoms. The fourth-order valence-corrected chi connectivity index (χ4v) is 2.77. The molecule has 0 aromatic heterocycles. The lowest BCUT2D eigenvalue weighted by Gasteiger charge is -2.35. The SMILES string of the molecule is N#Cc1cc(F)cc(NC(=O)NC2CC(Oc3ccc(C(F)(F)F)cc3)C2)c1. The molecular weight excluding hydrogens is 378 g/mol. The van der Waals surface area contributed by atoms with Crippen LogP contribution in [0.1, 0.15) is 24.0 Å². The van der Waals surface area contributed by atoms with Gasteiger partial charge >= 0.3 is 12.2 Å². The Morgan fingerprint density at radius 1 is 1.14 bits per heavy atom. The zero-order chi connectivity index (χ0) is 20.3. The highest BCUT2D eigenvalue weighted by atomic mass is 19.4. The highest BCUT2D eigenvalue weighted by molar-refractivity contribution is 5.89. The minimum atomic E-state index is -4.40. The first-order valence-electron chi connectivity index (χ1n) is 8.35. The number of hydrogen-bond donors (Lipinski definition) is 2. The van der Waals surface area contributed by atoms with Crippen molar-refractivity contribution in [2.45, 2.75) is 31.2 Å². The third-order valence-electron chi connectivity index (χ3n) is 4.20. The van der Waals surface area contributed by atoms with Crippen molar-refractivity contribution in [2.24, 2.45) is 0 Å². The summed E-state index contributed by atoms with van der Waals surface area (Å²) < 4.78 is 56.5. The molecule has 3 rings (SSSR count). The number of halogens is 4. The third-order valence-corrected chi connectivity index (χ3v) is 4.20. The molecule has 0 radical (unpaired) electrons. The molecule has 1 saturated carbocycles. The second kappa shape index (κ2) is 7.76. The van der Waals surface area contributed by atoms with Crippen molar-refractivity contribution in [1.29, 1.82) is 5.26 Å². The second-order valence-corrected chi connectivity index (χ2v) is 6.37. The molecule has 146 valence electrons. The number of amides is 2. The highest BCUT2D eigenvalue weighted by Crippen LogP contribution is 2.32. The molecule has 9 heteroatoms. The first kappa shape index (κ1) is 19.5. The van der Waals surface area contributed by atoms with E-state index in [-0.39, 0.29) is 23.4 Å². The smallest absolute Gasteiger partial charge is 0.416 e. The van der Waals surface area contributed by atoms with Crippen LogP contribution in [-0.4, -0.2) is 18.2 Å². The van der Waals surface area contributed by atoms with Gasteiger partial charge in [-0.25, -0.2) is 9.18 Å². The maximum atomic E-state index is 13.4. The topological polar surface area (TPSA) is 74.2 Å². The van der Waals surface area contributed by atoms with Gasteiger partial charge in [0.05, 0.1) is 17.2 Å². The molecule has 0 atom stereocenters. The normalized spacial score (nSPS) is 18.5. The highest BCUT2D eigenvalue weighted by Gasteiger charge is 2.33. The largest absolute Gasteiger partial charge is 0.490 e. The van der Waals surface area contributed by atoms with Crippen molar-refractivity contribution in [3.63, 3.8) is 0 Å². The quantitative estimate of drug-likeness (QED) is 0.754. The average molecular weight is 393 g/mol. The molecule has 2 amide bonds. The second-order valence-electron chi connectivity index (χ2n) is 6.37. The molecule has 2 aromatic rings. The maximum Gasteiger partial charge on any atom is 0.416 e. The van der Waals surface area contributed by atoms with Crippen LogP contribution in [0.2, 0.25) is 0 Å². The van der Waals surface area contributed by atoms with Gasteiger partial charge in [-0.2, -0.15) is 18.4 Å². The number of nitrogens with one attached hydrogen (secondary N) is 2. The van der Waals surface area contributed by atoms with Crippen LogP contribution in [0.25, 0.3) is 0 Å². The van der Waals surface area contributed by atoms with Gasteiger partial charge in [0.15, 0.2) is 0 Å². The van der Waals surface area contributed by atoms with Gasteiger partial charge in [0.1, 0.15) is 17.7 Å². The first-order valence-corrected chi connectivity index (χ1v) is 8.35. The molecule has 1 fully saturated rings. The van der Waals surface area contributed by atoms with E-state index in [9.17, 15) is 22.4 Å². The number of carbonyl (C=O) groups excluding carboxylic acids is 1. The third kappa shape index (κ3) is 4.91. The van der Waals surface area contributed by atoms with Crippen molar-refractivity contribution in [2.75, 3.05) is 5.32 Å². The fraction of sp³-hybridized carbons (Fsp3) is 0.263. The Hall–Kier alpha value is -3.28. The summed E-state index contributed by atoms with van der Waals surface area (Å²) in [6.07, 6.45) is -3.64. The van der Waals surface area contributed by atoms with Crippen LogP contribution in [0.15, 0.2) is 42.5 Å². The van der Waals surface area contributed by atoms with Gasteiger partial charge in [0.2, 0.25) is 0 Å². The molecule has 5 nitrogen and oxygen atoms in total. The number of hydrogen-bond acceptors (Lipinski definition) is 3. The predicted molar refractivity (Wildman–Crippen MR) is 92.2 cm³/mol. The summed E-state index contributed by atoms with van der Waals surface area (Å²) in [7, 11) is 0. The molecule has 0 aliphatic heterocycles. The van der Waals surface area contributed by atoms with Crippen molar-refractivity contribution >= 4 is 11.7 Å². The Labute approximate surface area is 157 Å². The van der Waals surface area contributed by atoms with Crippen LogP contribution in [0.3, 0.4) is 0 Å². The molecule has 2 N–H and O–H groups in total. The Bertz CT molecular complexity index is 901. The molecule has 2 aromatic carbocycles. The first-order chi connectivity index (χ1) is 13.2. The zero-order valence-corrected chi connectivity index (χ0v) is 14.4. The molecule has 1 aliphatic carbocycles. The minimum Gasteiger partial charge on any atom is -0.490 e. The number of urea groups is 1. The van der Waals surface area contributed by atoms with E-state index in [1.54, 1.807) is 6.07 Å². The van der Waals surface area contributed by atoms with Crippen molar-refractivity contribution in [3.8, 4) is 11.8 Å². The van der Waals surface area contributed by atoms with Crippen LogP contribution in [0, 0.1) is 17.1 Å². The number of carbonyl (C=O) groups is 1. The Balaban J connectivity index is 1.45. The predicted octanol–water partition coefficient (Wildman–Crippen LogP) is 4.45.